The van der Waals surface area contributed by atoms with Crippen LogP contribution in [0.5, 0.6) is 5.75 Å². The molecule has 2 aliphatic rings. The predicted octanol–water partition coefficient (Wildman–Crippen LogP) is 7.11. The zero-order valence-electron chi connectivity index (χ0n) is 24.0. The largest absolute Gasteiger partial charge is 0.496 e. The van der Waals surface area contributed by atoms with E-state index in [-0.39, 0.29) is 17.7 Å². The molecule has 5 rings (SSSR count). The van der Waals surface area contributed by atoms with Crippen molar-refractivity contribution in [3.63, 3.8) is 0 Å². The number of aromatic nitrogens is 1. The molecule has 6 nitrogen and oxygen atoms in total. The van der Waals surface area contributed by atoms with Gasteiger partial charge in [0.05, 0.1) is 18.7 Å². The van der Waals surface area contributed by atoms with Crippen molar-refractivity contribution in [2.45, 2.75) is 97.1 Å². The summed E-state index contributed by atoms with van der Waals surface area (Å²) in [5.74, 6) is 0.863. The van der Waals surface area contributed by atoms with E-state index in [1.807, 2.05) is 40.0 Å². The molecule has 3 aromatic rings. The first-order valence-corrected chi connectivity index (χ1v) is 13.9. The molecule has 3 atom stereocenters. The summed E-state index contributed by atoms with van der Waals surface area (Å²) in [5.41, 5.74) is 4.97. The lowest BCUT2D eigenvalue weighted by Crippen LogP contribution is -2.52. The van der Waals surface area contributed by atoms with Gasteiger partial charge in [-0.1, -0.05) is 29.8 Å². The average Bonchev–Trinajstić information content (AvgIpc) is 3.38. The number of hydrogen-bond acceptors (Lipinski definition) is 5. The van der Waals surface area contributed by atoms with Crippen LogP contribution in [0.25, 0.3) is 10.9 Å². The van der Waals surface area contributed by atoms with Crippen molar-refractivity contribution >= 4 is 17.0 Å². The van der Waals surface area contributed by atoms with Crippen molar-refractivity contribution in [1.82, 2.24) is 9.47 Å². The van der Waals surface area contributed by atoms with Crippen LogP contribution in [0.15, 0.2) is 42.6 Å². The maximum atomic E-state index is 13.1. The number of hydrogen-bond donors (Lipinski definition) is 0. The second kappa shape index (κ2) is 10.0. The van der Waals surface area contributed by atoms with Gasteiger partial charge in [0.2, 0.25) is 0 Å². The Kier molecular flexibility index (Phi) is 7.08. The quantitative estimate of drug-likeness (QED) is 0.348. The molecule has 2 aromatic carbocycles. The van der Waals surface area contributed by atoms with Gasteiger partial charge in [-0.3, -0.25) is 9.47 Å². The highest BCUT2D eigenvalue weighted by atomic mass is 16.6. The standard InChI is InChI=1S/C32H42N2O4/c1-8-37-25-18-24-13-15-32(19-25,23-11-9-21(2)10-12-23)34(24)20-27-26-14-16-33(30(35)38-31(4,5)6)29(26)22(3)17-28(27)36-7/h9-12,14,16-17,24-25H,8,13,15,18-20H2,1-7H3/t24-,25+,32?/m0/s1. The Balaban J connectivity index is 1.60. The third-order valence-corrected chi connectivity index (χ3v) is 8.34. The Morgan fingerprint density at radius 1 is 1.13 bits per heavy atom. The van der Waals surface area contributed by atoms with Crippen LogP contribution in [0, 0.1) is 13.8 Å². The lowest BCUT2D eigenvalue weighted by Gasteiger charge is -2.48. The molecule has 1 aromatic heterocycles. The minimum atomic E-state index is -0.568. The molecule has 0 radical (unpaired) electrons. The third kappa shape index (κ3) is 4.73. The van der Waals surface area contributed by atoms with E-state index in [1.165, 1.54) is 11.1 Å². The number of fused-ring (bicyclic) bond motifs is 3. The number of nitrogens with zero attached hydrogens (tertiary/aromatic N) is 2. The smallest absolute Gasteiger partial charge is 0.419 e. The molecule has 1 unspecified atom stereocenters. The number of aryl methyl sites for hydroxylation is 2. The molecule has 0 spiro atoms. The second-order valence-electron chi connectivity index (χ2n) is 12.0. The van der Waals surface area contributed by atoms with E-state index in [1.54, 1.807) is 11.7 Å². The van der Waals surface area contributed by atoms with Crippen molar-refractivity contribution in [2.24, 2.45) is 0 Å². The minimum Gasteiger partial charge on any atom is -0.496 e. The molecule has 2 bridgehead atoms. The van der Waals surface area contributed by atoms with E-state index in [4.69, 9.17) is 14.2 Å². The second-order valence-corrected chi connectivity index (χ2v) is 12.0. The van der Waals surface area contributed by atoms with Gasteiger partial charge < -0.3 is 14.2 Å². The maximum Gasteiger partial charge on any atom is 0.419 e. The first-order valence-electron chi connectivity index (χ1n) is 13.9. The zero-order valence-corrected chi connectivity index (χ0v) is 24.0. The Morgan fingerprint density at radius 2 is 1.87 bits per heavy atom. The molecule has 0 N–H and O–H groups in total. The van der Waals surface area contributed by atoms with Gasteiger partial charge in [0.25, 0.3) is 0 Å². The van der Waals surface area contributed by atoms with Crippen LogP contribution in [0.4, 0.5) is 4.79 Å². The Labute approximate surface area is 226 Å². The summed E-state index contributed by atoms with van der Waals surface area (Å²) >= 11 is 0. The van der Waals surface area contributed by atoms with Gasteiger partial charge in [-0.25, -0.2) is 4.79 Å². The highest BCUT2D eigenvalue weighted by molar-refractivity contribution is 5.95. The normalized spacial score (nSPS) is 23.7. The first-order chi connectivity index (χ1) is 18.1. The van der Waals surface area contributed by atoms with Gasteiger partial charge in [-0.2, -0.15) is 0 Å². The average molecular weight is 519 g/mol. The highest BCUT2D eigenvalue weighted by Crippen LogP contribution is 2.53. The summed E-state index contributed by atoms with van der Waals surface area (Å²) in [5, 5.41) is 1.04. The number of piperidine rings is 1. The van der Waals surface area contributed by atoms with Gasteiger partial charge in [0, 0.05) is 41.9 Å². The molecule has 3 heterocycles. The number of ether oxygens (including phenoxy) is 3. The van der Waals surface area contributed by atoms with E-state index in [0.29, 0.717) is 6.04 Å². The summed E-state index contributed by atoms with van der Waals surface area (Å²) in [6.07, 6.45) is 6.02. The third-order valence-electron chi connectivity index (χ3n) is 8.34. The van der Waals surface area contributed by atoms with E-state index >= 15 is 0 Å². The highest BCUT2D eigenvalue weighted by Gasteiger charge is 2.53. The van der Waals surface area contributed by atoms with Crippen molar-refractivity contribution in [2.75, 3.05) is 13.7 Å². The zero-order chi connectivity index (χ0) is 27.2. The van der Waals surface area contributed by atoms with Crippen LogP contribution < -0.4 is 4.74 Å². The molecule has 0 aliphatic carbocycles. The SMILES string of the molecule is CCO[C@@H]1C[C@@H]2CCC(c3ccc(C)cc3)(C1)N2Cc1c(OC)cc(C)c2c1ccn2C(=O)OC(C)(C)C. The number of carbonyl (C=O) groups excluding carboxylic acids is 1. The summed E-state index contributed by atoms with van der Waals surface area (Å²) in [6.45, 7) is 13.4. The fraction of sp³-hybridized carbons (Fsp3) is 0.531. The molecule has 204 valence electrons. The lowest BCUT2D eigenvalue weighted by atomic mass is 9.79. The molecule has 0 amide bonds. The van der Waals surface area contributed by atoms with Crippen LogP contribution in [-0.2, 0) is 21.6 Å². The molecular weight excluding hydrogens is 476 g/mol. The van der Waals surface area contributed by atoms with Gasteiger partial charge in [0.15, 0.2) is 0 Å². The van der Waals surface area contributed by atoms with Crippen LogP contribution in [0.3, 0.4) is 0 Å². The Morgan fingerprint density at radius 3 is 2.53 bits per heavy atom. The van der Waals surface area contributed by atoms with Crippen LogP contribution in [-0.4, -0.2) is 47.0 Å². The molecule has 2 saturated heterocycles. The van der Waals surface area contributed by atoms with Gasteiger partial charge in [0.1, 0.15) is 11.4 Å². The minimum absolute atomic E-state index is 0.0909. The van der Waals surface area contributed by atoms with E-state index in [0.717, 1.165) is 66.6 Å². The van der Waals surface area contributed by atoms with Gasteiger partial charge in [-0.15, -0.1) is 0 Å². The van der Waals surface area contributed by atoms with E-state index in [2.05, 4.69) is 49.1 Å². The fourth-order valence-corrected chi connectivity index (χ4v) is 6.76. The molecule has 0 saturated carbocycles. The Bertz CT molecular complexity index is 1320. The monoisotopic (exact) mass is 518 g/mol. The van der Waals surface area contributed by atoms with Crippen LogP contribution >= 0.6 is 0 Å². The van der Waals surface area contributed by atoms with Crippen molar-refractivity contribution < 1.29 is 19.0 Å². The summed E-state index contributed by atoms with van der Waals surface area (Å²) in [4.78, 5) is 15.8. The predicted molar refractivity (Wildman–Crippen MR) is 151 cm³/mol. The number of rotatable bonds is 6. The first kappa shape index (κ1) is 26.8. The number of carbonyl (C=O) groups is 1. The topological polar surface area (TPSA) is 52.9 Å². The lowest BCUT2D eigenvalue weighted by molar-refractivity contribution is -0.0593. The summed E-state index contributed by atoms with van der Waals surface area (Å²) in [6, 6.07) is 13.6. The maximum absolute atomic E-state index is 13.1. The van der Waals surface area contributed by atoms with Crippen molar-refractivity contribution in [3.8, 4) is 5.75 Å². The van der Waals surface area contributed by atoms with E-state index in [9.17, 15) is 4.79 Å². The molecule has 6 heteroatoms. The van der Waals surface area contributed by atoms with E-state index < -0.39 is 5.60 Å². The number of benzene rings is 2. The van der Waals surface area contributed by atoms with Crippen molar-refractivity contribution in [1.29, 1.82) is 0 Å². The number of methoxy groups -OCH3 is 1. The Hall–Kier alpha value is -2.83. The van der Waals surface area contributed by atoms with Gasteiger partial charge in [-0.05, 0) is 90.5 Å². The molecule has 38 heavy (non-hydrogen) atoms. The summed E-state index contributed by atoms with van der Waals surface area (Å²) < 4.78 is 19.5. The molecule has 2 aliphatic heterocycles. The van der Waals surface area contributed by atoms with Crippen LogP contribution in [0.2, 0.25) is 0 Å². The fourth-order valence-electron chi connectivity index (χ4n) is 6.76. The molecule has 2 fully saturated rings. The van der Waals surface area contributed by atoms with Crippen molar-refractivity contribution in [3.05, 3.63) is 64.8 Å². The van der Waals surface area contributed by atoms with Gasteiger partial charge >= 0.3 is 6.09 Å². The van der Waals surface area contributed by atoms with Crippen LogP contribution in [0.1, 0.15) is 75.6 Å². The molecular formula is C32H42N2O4. The summed E-state index contributed by atoms with van der Waals surface area (Å²) in [7, 11) is 1.74.